The summed E-state index contributed by atoms with van der Waals surface area (Å²) in [5.74, 6) is -0.257. The summed E-state index contributed by atoms with van der Waals surface area (Å²) in [5.41, 5.74) is 0.441. The number of amides is 2. The lowest BCUT2D eigenvalue weighted by Crippen LogP contribution is -2.40. The van der Waals surface area contributed by atoms with Crippen LogP contribution in [0.25, 0.3) is 0 Å². The van der Waals surface area contributed by atoms with Crippen LogP contribution in [0.2, 0.25) is 0 Å². The van der Waals surface area contributed by atoms with Crippen molar-refractivity contribution in [3.05, 3.63) is 35.9 Å². The van der Waals surface area contributed by atoms with Crippen LogP contribution in [0, 0.1) is 0 Å². The van der Waals surface area contributed by atoms with Crippen LogP contribution in [-0.2, 0) is 9.53 Å². The molecule has 0 aliphatic heterocycles. The van der Waals surface area contributed by atoms with Gasteiger partial charge in [-0.2, -0.15) is 0 Å². The highest BCUT2D eigenvalue weighted by Gasteiger charge is 2.17. The van der Waals surface area contributed by atoms with Gasteiger partial charge in [0.2, 0.25) is 5.91 Å². The molecular weight excluding hydrogens is 256 g/mol. The Morgan fingerprint density at radius 3 is 2.35 bits per heavy atom. The molecule has 2 amide bonds. The molecule has 0 radical (unpaired) electrons. The maximum Gasteiger partial charge on any atom is 0.408 e. The predicted molar refractivity (Wildman–Crippen MR) is 77.2 cm³/mol. The summed E-state index contributed by atoms with van der Waals surface area (Å²) >= 11 is 0. The van der Waals surface area contributed by atoms with Crippen molar-refractivity contribution in [1.82, 2.24) is 10.6 Å². The lowest BCUT2D eigenvalue weighted by molar-refractivity contribution is -0.120. The zero-order valence-corrected chi connectivity index (χ0v) is 12.4. The van der Waals surface area contributed by atoms with Crippen LogP contribution in [0.4, 0.5) is 4.79 Å². The topological polar surface area (TPSA) is 67.4 Å². The highest BCUT2D eigenvalue weighted by molar-refractivity contribution is 5.82. The zero-order valence-electron chi connectivity index (χ0n) is 12.4. The Hall–Kier alpha value is -2.04. The predicted octanol–water partition coefficient (Wildman–Crippen LogP) is 2.39. The van der Waals surface area contributed by atoms with Gasteiger partial charge in [-0.25, -0.2) is 4.79 Å². The van der Waals surface area contributed by atoms with Crippen LogP contribution in [0.15, 0.2) is 30.3 Å². The summed E-state index contributed by atoms with van der Waals surface area (Å²) in [5, 5.41) is 5.23. The first-order valence-electron chi connectivity index (χ1n) is 6.59. The number of hydrogen-bond donors (Lipinski definition) is 2. The van der Waals surface area contributed by atoms with Crippen molar-refractivity contribution in [2.45, 2.75) is 39.3 Å². The molecule has 0 aliphatic rings. The number of carbonyl (C=O) groups is 2. The van der Waals surface area contributed by atoms with Crippen molar-refractivity contribution in [2.75, 3.05) is 6.54 Å². The standard InChI is InChI=1S/C15H22N2O3/c1-11(12-8-6-5-7-9-12)17-13(18)10-16-14(19)20-15(2,3)4/h5-9,11H,10H2,1-4H3,(H,16,19)(H,17,18)/t11-/m1/s1. The molecule has 5 nitrogen and oxygen atoms in total. The number of hydrogen-bond acceptors (Lipinski definition) is 3. The van der Waals surface area contributed by atoms with E-state index in [-0.39, 0.29) is 18.5 Å². The summed E-state index contributed by atoms with van der Waals surface area (Å²) in [6.45, 7) is 7.09. The molecule has 0 heterocycles. The van der Waals surface area contributed by atoms with E-state index in [1.54, 1.807) is 20.8 Å². The van der Waals surface area contributed by atoms with Crippen LogP contribution < -0.4 is 10.6 Å². The highest BCUT2D eigenvalue weighted by Crippen LogP contribution is 2.10. The lowest BCUT2D eigenvalue weighted by atomic mass is 10.1. The van der Waals surface area contributed by atoms with Crippen molar-refractivity contribution in [1.29, 1.82) is 0 Å². The van der Waals surface area contributed by atoms with Crippen LogP contribution in [0.3, 0.4) is 0 Å². The Morgan fingerprint density at radius 2 is 1.80 bits per heavy atom. The number of ether oxygens (including phenoxy) is 1. The molecule has 0 saturated heterocycles. The van der Waals surface area contributed by atoms with E-state index in [1.165, 1.54) is 0 Å². The molecule has 0 unspecified atom stereocenters. The summed E-state index contributed by atoms with van der Waals surface area (Å²) in [6, 6.07) is 9.51. The van der Waals surface area contributed by atoms with E-state index < -0.39 is 11.7 Å². The molecule has 0 fully saturated rings. The van der Waals surface area contributed by atoms with E-state index in [0.29, 0.717) is 0 Å². The number of nitrogens with one attached hydrogen (secondary N) is 2. The van der Waals surface area contributed by atoms with E-state index >= 15 is 0 Å². The summed E-state index contributed by atoms with van der Waals surface area (Å²) in [6.07, 6.45) is -0.597. The third-order valence-electron chi connectivity index (χ3n) is 2.47. The largest absolute Gasteiger partial charge is 0.444 e. The average molecular weight is 278 g/mol. The van der Waals surface area contributed by atoms with Gasteiger partial charge in [-0.05, 0) is 33.3 Å². The Bertz CT molecular complexity index is 452. The Labute approximate surface area is 119 Å². The molecular formula is C15H22N2O3. The van der Waals surface area contributed by atoms with Crippen molar-refractivity contribution in [3.63, 3.8) is 0 Å². The maximum atomic E-state index is 11.7. The Kier molecular flexibility index (Phi) is 5.55. The Morgan fingerprint density at radius 1 is 1.20 bits per heavy atom. The van der Waals surface area contributed by atoms with E-state index in [9.17, 15) is 9.59 Å². The van der Waals surface area contributed by atoms with Gasteiger partial charge in [0, 0.05) is 0 Å². The number of alkyl carbamates (subject to hydrolysis) is 1. The quantitative estimate of drug-likeness (QED) is 0.888. The second-order valence-corrected chi connectivity index (χ2v) is 5.56. The minimum absolute atomic E-state index is 0.105. The van der Waals surface area contributed by atoms with Gasteiger partial charge >= 0.3 is 6.09 Å². The first-order valence-corrected chi connectivity index (χ1v) is 6.59. The van der Waals surface area contributed by atoms with Gasteiger partial charge in [0.05, 0.1) is 6.04 Å². The summed E-state index contributed by atoms with van der Waals surface area (Å²) in [7, 11) is 0. The molecule has 20 heavy (non-hydrogen) atoms. The molecule has 0 aliphatic carbocycles. The molecule has 2 N–H and O–H groups in total. The highest BCUT2D eigenvalue weighted by atomic mass is 16.6. The van der Waals surface area contributed by atoms with E-state index in [0.717, 1.165) is 5.56 Å². The number of carbonyl (C=O) groups excluding carboxylic acids is 2. The van der Waals surface area contributed by atoms with Crippen molar-refractivity contribution < 1.29 is 14.3 Å². The van der Waals surface area contributed by atoms with Crippen LogP contribution in [0.1, 0.15) is 39.3 Å². The fourth-order valence-electron chi connectivity index (χ4n) is 1.58. The second-order valence-electron chi connectivity index (χ2n) is 5.56. The third kappa shape index (κ3) is 6.22. The SMILES string of the molecule is C[C@@H](NC(=O)CNC(=O)OC(C)(C)C)c1ccccc1. The van der Waals surface area contributed by atoms with E-state index in [1.807, 2.05) is 37.3 Å². The van der Waals surface area contributed by atoms with Gasteiger partial charge in [0.1, 0.15) is 12.1 Å². The third-order valence-corrected chi connectivity index (χ3v) is 2.47. The van der Waals surface area contributed by atoms with E-state index in [4.69, 9.17) is 4.74 Å². The van der Waals surface area contributed by atoms with Crippen LogP contribution in [-0.4, -0.2) is 24.1 Å². The number of benzene rings is 1. The normalized spacial score (nSPS) is 12.4. The zero-order chi connectivity index (χ0) is 15.2. The molecule has 0 aromatic heterocycles. The molecule has 1 aromatic rings. The van der Waals surface area contributed by atoms with Gasteiger partial charge in [-0.1, -0.05) is 30.3 Å². The first-order chi connectivity index (χ1) is 9.28. The van der Waals surface area contributed by atoms with Gasteiger partial charge in [-0.15, -0.1) is 0 Å². The molecule has 1 aromatic carbocycles. The minimum Gasteiger partial charge on any atom is -0.444 e. The first kappa shape index (κ1) is 16.0. The lowest BCUT2D eigenvalue weighted by Gasteiger charge is -2.20. The van der Waals surface area contributed by atoms with Crippen LogP contribution in [0.5, 0.6) is 0 Å². The van der Waals surface area contributed by atoms with Crippen molar-refractivity contribution in [3.8, 4) is 0 Å². The molecule has 1 rings (SSSR count). The second kappa shape index (κ2) is 6.93. The van der Waals surface area contributed by atoms with Gasteiger partial charge in [-0.3, -0.25) is 4.79 Å². The molecule has 0 bridgehead atoms. The molecule has 110 valence electrons. The van der Waals surface area contributed by atoms with Gasteiger partial charge in [0.15, 0.2) is 0 Å². The molecule has 5 heteroatoms. The maximum absolute atomic E-state index is 11.7. The summed E-state index contributed by atoms with van der Waals surface area (Å²) < 4.78 is 5.05. The average Bonchev–Trinajstić information content (AvgIpc) is 2.35. The Balaban J connectivity index is 2.36. The van der Waals surface area contributed by atoms with Gasteiger partial charge < -0.3 is 15.4 Å². The van der Waals surface area contributed by atoms with Crippen molar-refractivity contribution in [2.24, 2.45) is 0 Å². The van der Waals surface area contributed by atoms with E-state index in [2.05, 4.69) is 10.6 Å². The monoisotopic (exact) mass is 278 g/mol. The minimum atomic E-state index is -0.597. The number of rotatable bonds is 4. The van der Waals surface area contributed by atoms with Gasteiger partial charge in [0.25, 0.3) is 0 Å². The van der Waals surface area contributed by atoms with Crippen LogP contribution >= 0.6 is 0 Å². The smallest absolute Gasteiger partial charge is 0.408 e. The van der Waals surface area contributed by atoms with Crippen molar-refractivity contribution >= 4 is 12.0 Å². The molecule has 1 atom stereocenters. The molecule has 0 spiro atoms. The fourth-order valence-corrected chi connectivity index (χ4v) is 1.58. The molecule has 0 saturated carbocycles. The summed E-state index contributed by atoms with van der Waals surface area (Å²) in [4.78, 5) is 23.1. The fraction of sp³-hybridized carbons (Fsp3) is 0.467.